The van der Waals surface area contributed by atoms with Crippen LogP contribution in [0, 0.1) is 5.82 Å². The minimum atomic E-state index is -0.899. The second-order valence-corrected chi connectivity index (χ2v) is 4.42. The summed E-state index contributed by atoms with van der Waals surface area (Å²) in [5.74, 6) is -0.903. The van der Waals surface area contributed by atoms with Gasteiger partial charge in [0.25, 0.3) is 0 Å². The van der Waals surface area contributed by atoms with Crippen molar-refractivity contribution in [1.82, 2.24) is 0 Å². The maximum atomic E-state index is 13.2. The van der Waals surface area contributed by atoms with Gasteiger partial charge in [0.2, 0.25) is 5.91 Å². The highest BCUT2D eigenvalue weighted by Gasteiger charge is 2.19. The van der Waals surface area contributed by atoms with Crippen LogP contribution in [-0.2, 0) is 4.79 Å². The molecule has 4 N–H and O–H groups in total. The normalized spacial score (nSPS) is 11.7. The predicted molar refractivity (Wildman–Crippen MR) is 76.6 cm³/mol. The van der Waals surface area contributed by atoms with E-state index in [1.165, 1.54) is 37.4 Å². The molecule has 0 spiro atoms. The Hall–Kier alpha value is -2.76. The van der Waals surface area contributed by atoms with Gasteiger partial charge in [-0.25, -0.2) is 4.39 Å². The number of benzene rings is 2. The van der Waals surface area contributed by atoms with E-state index in [9.17, 15) is 14.3 Å². The topological polar surface area (TPSA) is 84.6 Å². The van der Waals surface area contributed by atoms with E-state index in [0.29, 0.717) is 11.3 Å². The molecule has 110 valence electrons. The van der Waals surface area contributed by atoms with Crippen LogP contribution >= 0.6 is 0 Å². The molecule has 1 unspecified atom stereocenters. The summed E-state index contributed by atoms with van der Waals surface area (Å²) in [4.78, 5) is 11.6. The average Bonchev–Trinajstić information content (AvgIpc) is 2.44. The van der Waals surface area contributed by atoms with Gasteiger partial charge in [-0.15, -0.1) is 0 Å². The number of aromatic hydroxyl groups is 1. The summed E-state index contributed by atoms with van der Waals surface area (Å²) in [5, 5.41) is 12.6. The molecule has 0 heterocycles. The third-order valence-electron chi connectivity index (χ3n) is 2.96. The highest BCUT2D eigenvalue weighted by Crippen LogP contribution is 2.30. The zero-order valence-electron chi connectivity index (χ0n) is 11.3. The quantitative estimate of drug-likeness (QED) is 0.788. The van der Waals surface area contributed by atoms with Crippen LogP contribution in [0.3, 0.4) is 0 Å². The first kappa shape index (κ1) is 14.6. The fraction of sp³-hybridized carbons (Fsp3) is 0.133. The number of hydrogen-bond acceptors (Lipinski definition) is 4. The Morgan fingerprint density at radius 3 is 2.67 bits per heavy atom. The maximum absolute atomic E-state index is 13.2. The van der Waals surface area contributed by atoms with Gasteiger partial charge >= 0.3 is 0 Å². The van der Waals surface area contributed by atoms with E-state index in [-0.39, 0.29) is 11.5 Å². The number of nitrogens with one attached hydrogen (secondary N) is 1. The van der Waals surface area contributed by atoms with E-state index >= 15 is 0 Å². The molecule has 0 bridgehead atoms. The van der Waals surface area contributed by atoms with Crippen molar-refractivity contribution in [3.05, 3.63) is 53.8 Å². The zero-order chi connectivity index (χ0) is 15.4. The molecule has 2 aromatic rings. The molecule has 0 aliphatic heterocycles. The lowest BCUT2D eigenvalue weighted by Crippen LogP contribution is -2.27. The molecule has 0 saturated heterocycles. The molecular weight excluding hydrogens is 275 g/mol. The maximum Gasteiger partial charge on any atom is 0.244 e. The lowest BCUT2D eigenvalue weighted by molar-refractivity contribution is -0.118. The summed E-state index contributed by atoms with van der Waals surface area (Å²) in [6.07, 6.45) is 0. The van der Waals surface area contributed by atoms with E-state index in [2.05, 4.69) is 5.32 Å². The molecule has 0 aliphatic carbocycles. The molecule has 0 aromatic heterocycles. The number of ether oxygens (including phenoxy) is 1. The number of anilines is 1. The van der Waals surface area contributed by atoms with Crippen LogP contribution in [-0.4, -0.2) is 18.1 Å². The highest BCUT2D eigenvalue weighted by atomic mass is 19.1. The van der Waals surface area contributed by atoms with Crippen molar-refractivity contribution in [2.24, 2.45) is 5.73 Å². The van der Waals surface area contributed by atoms with E-state index in [0.717, 1.165) is 0 Å². The number of hydrogen-bond donors (Lipinski definition) is 3. The second kappa shape index (κ2) is 6.13. The Labute approximate surface area is 121 Å². The molecule has 1 atom stereocenters. The number of carbonyl (C=O) groups excluding carboxylic acids is 1. The number of amides is 1. The van der Waals surface area contributed by atoms with Crippen molar-refractivity contribution in [2.45, 2.75) is 6.04 Å². The third-order valence-corrected chi connectivity index (χ3v) is 2.96. The smallest absolute Gasteiger partial charge is 0.244 e. The van der Waals surface area contributed by atoms with Gasteiger partial charge in [-0.05, 0) is 35.9 Å². The van der Waals surface area contributed by atoms with Crippen molar-refractivity contribution in [3.63, 3.8) is 0 Å². The fourth-order valence-electron chi connectivity index (χ4n) is 1.95. The molecule has 0 fully saturated rings. The van der Waals surface area contributed by atoms with E-state index in [1.807, 2.05) is 0 Å². The van der Waals surface area contributed by atoms with Gasteiger partial charge in [0.05, 0.1) is 7.11 Å². The highest BCUT2D eigenvalue weighted by molar-refractivity contribution is 5.84. The Morgan fingerprint density at radius 2 is 2.10 bits per heavy atom. The Bertz CT molecular complexity index is 661. The van der Waals surface area contributed by atoms with Gasteiger partial charge in [-0.2, -0.15) is 0 Å². The minimum Gasteiger partial charge on any atom is -0.504 e. The molecular formula is C15H15FN2O3. The minimum absolute atomic E-state index is 0.109. The van der Waals surface area contributed by atoms with Gasteiger partial charge in [0.15, 0.2) is 11.5 Å². The molecule has 2 rings (SSSR count). The van der Waals surface area contributed by atoms with Gasteiger partial charge in [0.1, 0.15) is 11.9 Å². The van der Waals surface area contributed by atoms with Crippen molar-refractivity contribution in [1.29, 1.82) is 0 Å². The number of primary amides is 1. The van der Waals surface area contributed by atoms with Gasteiger partial charge in [0, 0.05) is 5.69 Å². The number of nitrogens with two attached hydrogens (primary N) is 1. The standard InChI is InChI=1S/C15H15FN2O3/c1-21-13-6-5-9(7-12(13)19)14(15(17)20)18-11-4-2-3-10(16)8-11/h2-8,14,18-19H,1H3,(H2,17,20). The molecule has 0 saturated carbocycles. The number of phenols is 1. The molecule has 5 nitrogen and oxygen atoms in total. The number of halogens is 1. The first-order valence-corrected chi connectivity index (χ1v) is 6.19. The summed E-state index contributed by atoms with van der Waals surface area (Å²) < 4.78 is 18.1. The van der Waals surface area contributed by atoms with Crippen molar-refractivity contribution >= 4 is 11.6 Å². The van der Waals surface area contributed by atoms with Crippen LogP contribution in [0.4, 0.5) is 10.1 Å². The number of rotatable bonds is 5. The molecule has 2 aromatic carbocycles. The third kappa shape index (κ3) is 3.42. The Balaban J connectivity index is 2.31. The number of carbonyl (C=O) groups is 1. The zero-order valence-corrected chi connectivity index (χ0v) is 11.3. The summed E-state index contributed by atoms with van der Waals surface area (Å²) in [5.41, 5.74) is 6.23. The van der Waals surface area contributed by atoms with Crippen LogP contribution < -0.4 is 15.8 Å². The van der Waals surface area contributed by atoms with Gasteiger partial charge in [-0.1, -0.05) is 12.1 Å². The van der Waals surface area contributed by atoms with Gasteiger partial charge < -0.3 is 20.9 Å². The molecule has 1 amide bonds. The molecule has 0 aliphatic rings. The Morgan fingerprint density at radius 1 is 1.33 bits per heavy atom. The van der Waals surface area contributed by atoms with Gasteiger partial charge in [-0.3, -0.25) is 4.79 Å². The lowest BCUT2D eigenvalue weighted by Gasteiger charge is -2.18. The second-order valence-electron chi connectivity index (χ2n) is 4.42. The summed E-state index contributed by atoms with van der Waals surface area (Å²) in [6, 6.07) is 9.27. The van der Waals surface area contributed by atoms with Crippen molar-refractivity contribution < 1.29 is 19.0 Å². The summed E-state index contributed by atoms with van der Waals surface area (Å²) in [7, 11) is 1.42. The summed E-state index contributed by atoms with van der Waals surface area (Å²) >= 11 is 0. The largest absolute Gasteiger partial charge is 0.504 e. The van der Waals surface area contributed by atoms with E-state index in [4.69, 9.17) is 10.5 Å². The van der Waals surface area contributed by atoms with E-state index in [1.54, 1.807) is 12.1 Å². The first-order chi connectivity index (χ1) is 10.0. The van der Waals surface area contributed by atoms with Crippen LogP contribution in [0.5, 0.6) is 11.5 Å². The van der Waals surface area contributed by atoms with E-state index < -0.39 is 17.8 Å². The van der Waals surface area contributed by atoms with Crippen molar-refractivity contribution in [3.8, 4) is 11.5 Å². The molecule has 21 heavy (non-hydrogen) atoms. The summed E-state index contributed by atoms with van der Waals surface area (Å²) in [6.45, 7) is 0. The molecule has 0 radical (unpaired) electrons. The van der Waals surface area contributed by atoms with Crippen LogP contribution in [0.15, 0.2) is 42.5 Å². The number of phenolic OH excluding ortho intramolecular Hbond substituents is 1. The predicted octanol–water partition coefficient (Wildman–Crippen LogP) is 2.18. The lowest BCUT2D eigenvalue weighted by atomic mass is 10.0. The average molecular weight is 290 g/mol. The van der Waals surface area contributed by atoms with Crippen LogP contribution in [0.1, 0.15) is 11.6 Å². The fourth-order valence-corrected chi connectivity index (χ4v) is 1.95. The van der Waals surface area contributed by atoms with Crippen molar-refractivity contribution in [2.75, 3.05) is 12.4 Å². The first-order valence-electron chi connectivity index (χ1n) is 6.19. The Kier molecular flexibility index (Phi) is 4.27. The molecule has 6 heteroatoms. The number of methoxy groups -OCH3 is 1. The monoisotopic (exact) mass is 290 g/mol. The van der Waals surface area contributed by atoms with Crippen LogP contribution in [0.25, 0.3) is 0 Å². The SMILES string of the molecule is COc1ccc(C(Nc2cccc(F)c2)C(N)=O)cc1O. The van der Waals surface area contributed by atoms with Crippen LogP contribution in [0.2, 0.25) is 0 Å².